The third-order valence-corrected chi connectivity index (χ3v) is 3.81. The Labute approximate surface area is 131 Å². The molecule has 0 spiro atoms. The van der Waals surface area contributed by atoms with Crippen molar-refractivity contribution in [3.8, 4) is 0 Å². The lowest BCUT2D eigenvalue weighted by Gasteiger charge is -2.29. The third kappa shape index (κ3) is 6.27. The molecule has 0 aromatic heterocycles. The van der Waals surface area contributed by atoms with Crippen molar-refractivity contribution in [3.63, 3.8) is 0 Å². The van der Waals surface area contributed by atoms with Gasteiger partial charge in [0.15, 0.2) is 0 Å². The molecule has 0 saturated carbocycles. The maximum atomic E-state index is 11.1. The van der Waals surface area contributed by atoms with E-state index in [0.29, 0.717) is 39.0 Å². The lowest BCUT2D eigenvalue weighted by Crippen LogP contribution is -2.47. The summed E-state index contributed by atoms with van der Waals surface area (Å²) in [7, 11) is 0. The fourth-order valence-corrected chi connectivity index (χ4v) is 2.56. The monoisotopic (exact) mass is 316 g/mol. The molecular formula is C14H28N4O4. The molecule has 2 fully saturated rings. The van der Waals surface area contributed by atoms with Gasteiger partial charge in [-0.25, -0.2) is 0 Å². The van der Waals surface area contributed by atoms with Gasteiger partial charge in [-0.1, -0.05) is 0 Å². The van der Waals surface area contributed by atoms with E-state index in [1.807, 2.05) is 0 Å². The molecule has 2 heterocycles. The van der Waals surface area contributed by atoms with Crippen LogP contribution >= 0.6 is 0 Å². The molecule has 2 saturated heterocycles. The molecule has 0 aromatic rings. The van der Waals surface area contributed by atoms with Crippen LogP contribution in [0.3, 0.4) is 0 Å². The number of hydrogen-bond acceptors (Lipinski definition) is 6. The second-order valence-electron chi connectivity index (χ2n) is 5.72. The Balaban J connectivity index is 0.000000220. The quantitative estimate of drug-likeness (QED) is 0.468. The number of amides is 2. The molecule has 2 aliphatic heterocycles. The zero-order valence-corrected chi connectivity index (χ0v) is 13.0. The fourth-order valence-electron chi connectivity index (χ4n) is 2.56. The molecule has 2 unspecified atom stereocenters. The first kappa shape index (κ1) is 18.8. The molecule has 128 valence electrons. The number of β-amino-alcohol motifs (C(OH)–C–C–N with tert-alkyl or cyclic N) is 2. The van der Waals surface area contributed by atoms with Crippen molar-refractivity contribution in [1.29, 1.82) is 0 Å². The fraction of sp³-hybridized carbons (Fsp3) is 0.857. The first-order valence-corrected chi connectivity index (χ1v) is 7.76. The van der Waals surface area contributed by atoms with Gasteiger partial charge in [0.2, 0.25) is 11.8 Å². The van der Waals surface area contributed by atoms with Crippen LogP contribution < -0.4 is 11.5 Å². The third-order valence-electron chi connectivity index (χ3n) is 3.81. The number of rotatable bonds is 4. The Bertz CT molecular complexity index is 333. The van der Waals surface area contributed by atoms with E-state index in [-0.39, 0.29) is 37.1 Å². The van der Waals surface area contributed by atoms with Crippen molar-refractivity contribution in [3.05, 3.63) is 0 Å². The highest BCUT2D eigenvalue weighted by Gasteiger charge is 2.22. The number of nitrogens with two attached hydrogens (primary N) is 2. The van der Waals surface area contributed by atoms with Gasteiger partial charge in [0.1, 0.15) is 0 Å². The van der Waals surface area contributed by atoms with E-state index >= 15 is 0 Å². The van der Waals surface area contributed by atoms with Gasteiger partial charge in [-0.3, -0.25) is 9.59 Å². The molecule has 0 aliphatic carbocycles. The number of carbonyl (C=O) groups is 2. The van der Waals surface area contributed by atoms with Gasteiger partial charge in [0.25, 0.3) is 0 Å². The largest absolute Gasteiger partial charge is 0.395 e. The van der Waals surface area contributed by atoms with Gasteiger partial charge in [0, 0.05) is 51.1 Å². The van der Waals surface area contributed by atoms with Crippen molar-refractivity contribution >= 4 is 11.8 Å². The second kappa shape index (κ2) is 9.73. The summed E-state index contributed by atoms with van der Waals surface area (Å²) in [5.74, 6) is 0.224. The maximum absolute atomic E-state index is 11.1. The van der Waals surface area contributed by atoms with E-state index in [1.54, 1.807) is 9.80 Å². The van der Waals surface area contributed by atoms with E-state index in [2.05, 4.69) is 0 Å². The van der Waals surface area contributed by atoms with Crippen molar-refractivity contribution in [2.45, 2.75) is 37.8 Å². The highest BCUT2D eigenvalue weighted by atomic mass is 16.3. The number of nitrogens with zero attached hydrogens (tertiary/aromatic N) is 2. The summed E-state index contributed by atoms with van der Waals surface area (Å²) < 4.78 is 0. The number of hydrogen-bond donors (Lipinski definition) is 4. The Morgan fingerprint density at radius 3 is 1.55 bits per heavy atom. The summed E-state index contributed by atoms with van der Waals surface area (Å²) in [4.78, 5) is 25.4. The van der Waals surface area contributed by atoms with Crippen molar-refractivity contribution in [2.75, 3.05) is 39.4 Å². The minimum Gasteiger partial charge on any atom is -0.395 e. The van der Waals surface area contributed by atoms with E-state index in [4.69, 9.17) is 21.7 Å². The zero-order chi connectivity index (χ0) is 16.5. The molecule has 0 aromatic carbocycles. The Morgan fingerprint density at radius 2 is 1.23 bits per heavy atom. The van der Waals surface area contributed by atoms with Gasteiger partial charge in [-0.05, 0) is 12.8 Å². The summed E-state index contributed by atoms with van der Waals surface area (Å²) in [5, 5.41) is 17.2. The summed E-state index contributed by atoms with van der Waals surface area (Å²) in [6.45, 7) is 2.09. The SMILES string of the molecule is NC1CCC(=O)N(CCO)C1.NC1CCC(=O)N(CCO)C1. The lowest BCUT2D eigenvalue weighted by atomic mass is 10.1. The first-order chi connectivity index (χ1) is 10.5. The molecule has 6 N–H and O–H groups in total. The number of aliphatic hydroxyl groups excluding tert-OH is 2. The Morgan fingerprint density at radius 1 is 0.864 bits per heavy atom. The predicted molar refractivity (Wildman–Crippen MR) is 81.8 cm³/mol. The molecular weight excluding hydrogens is 288 g/mol. The summed E-state index contributed by atoms with van der Waals surface area (Å²) >= 11 is 0. The highest BCUT2D eigenvalue weighted by molar-refractivity contribution is 5.77. The van der Waals surface area contributed by atoms with Crippen LogP contribution in [0.15, 0.2) is 0 Å². The molecule has 2 rings (SSSR count). The van der Waals surface area contributed by atoms with Crippen LogP contribution in [0.5, 0.6) is 0 Å². The van der Waals surface area contributed by atoms with Crippen molar-refractivity contribution in [2.24, 2.45) is 11.5 Å². The average molecular weight is 316 g/mol. The molecule has 0 bridgehead atoms. The Kier molecular flexibility index (Phi) is 8.32. The van der Waals surface area contributed by atoms with Gasteiger partial charge >= 0.3 is 0 Å². The van der Waals surface area contributed by atoms with Gasteiger partial charge in [-0.2, -0.15) is 0 Å². The topological polar surface area (TPSA) is 133 Å². The molecule has 0 radical (unpaired) electrons. The van der Waals surface area contributed by atoms with E-state index in [0.717, 1.165) is 12.8 Å². The number of carbonyl (C=O) groups excluding carboxylic acids is 2. The van der Waals surface area contributed by atoms with Crippen molar-refractivity contribution in [1.82, 2.24) is 9.80 Å². The van der Waals surface area contributed by atoms with Crippen LogP contribution in [0.25, 0.3) is 0 Å². The van der Waals surface area contributed by atoms with Crippen LogP contribution in [0, 0.1) is 0 Å². The van der Waals surface area contributed by atoms with Crippen LogP contribution in [-0.2, 0) is 9.59 Å². The number of piperidine rings is 2. The summed E-state index contributed by atoms with van der Waals surface area (Å²) in [5.41, 5.74) is 11.3. The van der Waals surface area contributed by atoms with E-state index in [1.165, 1.54) is 0 Å². The summed E-state index contributed by atoms with van der Waals surface area (Å²) in [6, 6.07) is 0.193. The molecule has 2 atom stereocenters. The van der Waals surface area contributed by atoms with E-state index < -0.39 is 0 Å². The highest BCUT2D eigenvalue weighted by Crippen LogP contribution is 2.09. The van der Waals surface area contributed by atoms with Crippen molar-refractivity contribution < 1.29 is 19.8 Å². The molecule has 22 heavy (non-hydrogen) atoms. The summed E-state index contributed by atoms with van der Waals surface area (Å²) in [6.07, 6.45) is 2.61. The molecule has 8 nitrogen and oxygen atoms in total. The zero-order valence-electron chi connectivity index (χ0n) is 13.0. The first-order valence-electron chi connectivity index (χ1n) is 7.76. The Hall–Kier alpha value is -1.22. The second-order valence-corrected chi connectivity index (χ2v) is 5.72. The molecule has 2 aliphatic rings. The van der Waals surface area contributed by atoms with Crippen LogP contribution in [0.4, 0.5) is 0 Å². The molecule has 8 heteroatoms. The average Bonchev–Trinajstić information content (AvgIpc) is 2.48. The van der Waals surface area contributed by atoms with Gasteiger partial charge in [0.05, 0.1) is 13.2 Å². The number of likely N-dealkylation sites (tertiary alicyclic amines) is 2. The lowest BCUT2D eigenvalue weighted by molar-refractivity contribution is -0.134. The minimum absolute atomic E-state index is 0.0263. The smallest absolute Gasteiger partial charge is 0.222 e. The maximum Gasteiger partial charge on any atom is 0.222 e. The van der Waals surface area contributed by atoms with E-state index in [9.17, 15) is 9.59 Å². The number of aliphatic hydroxyl groups is 2. The van der Waals surface area contributed by atoms with Crippen LogP contribution in [0.2, 0.25) is 0 Å². The van der Waals surface area contributed by atoms with Crippen LogP contribution in [0.1, 0.15) is 25.7 Å². The van der Waals surface area contributed by atoms with Gasteiger partial charge in [-0.15, -0.1) is 0 Å². The molecule has 2 amide bonds. The predicted octanol–water partition coefficient (Wildman–Crippen LogP) is -2.14. The normalized spacial score (nSPS) is 25.8. The van der Waals surface area contributed by atoms with Gasteiger partial charge < -0.3 is 31.5 Å². The van der Waals surface area contributed by atoms with Crippen LogP contribution in [-0.4, -0.2) is 83.3 Å². The standard InChI is InChI=1S/2C7H14N2O2/c2*8-6-1-2-7(11)9(5-6)3-4-10/h2*6,10H,1-5,8H2. The minimum atomic E-state index is 0.0263.